The highest BCUT2D eigenvalue weighted by Gasteiger charge is 2.40. The second-order valence-corrected chi connectivity index (χ2v) is 6.87. The third-order valence-corrected chi connectivity index (χ3v) is 4.43. The zero-order valence-electron chi connectivity index (χ0n) is 15.6. The number of ether oxygens (including phenoxy) is 1. The summed E-state index contributed by atoms with van der Waals surface area (Å²) >= 11 is 0. The van der Waals surface area contributed by atoms with E-state index in [0.29, 0.717) is 5.56 Å². The van der Waals surface area contributed by atoms with Crippen molar-refractivity contribution in [2.24, 2.45) is 11.7 Å². The fourth-order valence-corrected chi connectivity index (χ4v) is 3.27. The monoisotopic (exact) mass is 379 g/mol. The van der Waals surface area contributed by atoms with Gasteiger partial charge in [0.2, 0.25) is 0 Å². The quantitative estimate of drug-likeness (QED) is 0.708. The number of alkyl halides is 3. The first kappa shape index (κ1) is 21.0. The van der Waals surface area contributed by atoms with Crippen LogP contribution < -0.4 is 5.73 Å². The van der Waals surface area contributed by atoms with Gasteiger partial charge in [0, 0.05) is 6.54 Å². The summed E-state index contributed by atoms with van der Waals surface area (Å²) in [5.41, 5.74) is 6.07. The number of carbonyl (C=O) groups is 1. The number of hydrogen-bond acceptors (Lipinski definition) is 3. The number of hydrogen-bond donors (Lipinski definition) is 1. The molecule has 3 nitrogen and oxygen atoms in total. The zero-order chi connectivity index (χ0) is 20.2. The van der Waals surface area contributed by atoms with Crippen LogP contribution in [0.25, 0.3) is 11.1 Å². The maximum atomic E-state index is 13.9. The Balaban J connectivity index is 2.79. The van der Waals surface area contributed by atoms with Crippen molar-refractivity contribution in [2.75, 3.05) is 7.11 Å². The van der Waals surface area contributed by atoms with E-state index in [4.69, 9.17) is 10.5 Å². The van der Waals surface area contributed by atoms with Gasteiger partial charge in [-0.1, -0.05) is 44.2 Å². The van der Waals surface area contributed by atoms with Crippen LogP contribution in [0, 0.1) is 5.92 Å². The fraction of sp³-hybridized carbons (Fsp3) is 0.381. The Morgan fingerprint density at radius 2 is 1.74 bits per heavy atom. The minimum absolute atomic E-state index is 0.0110. The largest absolute Gasteiger partial charge is 0.469 e. The van der Waals surface area contributed by atoms with Crippen LogP contribution in [0.15, 0.2) is 42.5 Å². The van der Waals surface area contributed by atoms with E-state index in [1.165, 1.54) is 19.2 Å². The highest BCUT2D eigenvalue weighted by atomic mass is 19.4. The van der Waals surface area contributed by atoms with E-state index in [1.807, 2.05) is 32.0 Å². The summed E-state index contributed by atoms with van der Waals surface area (Å²) in [4.78, 5) is 12.4. The van der Waals surface area contributed by atoms with Crippen LogP contribution in [0.1, 0.15) is 42.9 Å². The van der Waals surface area contributed by atoms with Crippen LogP contribution in [-0.2, 0) is 22.3 Å². The number of carbonyl (C=O) groups excluding carboxylic acids is 1. The molecule has 0 aromatic heterocycles. The Hall–Kier alpha value is -2.34. The maximum absolute atomic E-state index is 13.9. The highest BCUT2D eigenvalue weighted by Crippen LogP contribution is 2.42. The summed E-state index contributed by atoms with van der Waals surface area (Å²) in [6.07, 6.45) is -4.37. The molecule has 0 aliphatic rings. The SMILES string of the molecule is COC(=O)C(CC(C)C)c1cc(-c2ccccc2)cc(CN)c1C(F)(F)F. The van der Waals surface area contributed by atoms with Gasteiger partial charge < -0.3 is 10.5 Å². The summed E-state index contributed by atoms with van der Waals surface area (Å²) < 4.78 is 46.5. The fourth-order valence-electron chi connectivity index (χ4n) is 3.27. The Labute approximate surface area is 157 Å². The Bertz CT molecular complexity index is 786. The molecule has 1 unspecified atom stereocenters. The molecule has 0 saturated heterocycles. The molecule has 146 valence electrons. The maximum Gasteiger partial charge on any atom is 0.417 e. The normalized spacial score (nSPS) is 12.9. The van der Waals surface area contributed by atoms with Crippen LogP contribution in [0.3, 0.4) is 0 Å². The molecule has 0 spiro atoms. The molecule has 0 saturated carbocycles. The first-order valence-electron chi connectivity index (χ1n) is 8.76. The average Bonchev–Trinajstić information content (AvgIpc) is 2.64. The molecule has 2 aromatic rings. The van der Waals surface area contributed by atoms with Gasteiger partial charge in [-0.25, -0.2) is 0 Å². The van der Waals surface area contributed by atoms with Crippen LogP contribution >= 0.6 is 0 Å². The molecule has 0 aliphatic heterocycles. The molecule has 2 N–H and O–H groups in total. The van der Waals surface area contributed by atoms with Crippen molar-refractivity contribution in [3.8, 4) is 11.1 Å². The number of halogens is 3. The molecular formula is C21H24F3NO2. The van der Waals surface area contributed by atoms with Gasteiger partial charge in [0.25, 0.3) is 0 Å². The molecular weight excluding hydrogens is 355 g/mol. The van der Waals surface area contributed by atoms with Crippen LogP contribution in [0.5, 0.6) is 0 Å². The molecule has 0 radical (unpaired) electrons. The smallest absolute Gasteiger partial charge is 0.417 e. The van der Waals surface area contributed by atoms with Crippen molar-refractivity contribution in [3.63, 3.8) is 0 Å². The van der Waals surface area contributed by atoms with E-state index in [1.54, 1.807) is 12.1 Å². The van der Waals surface area contributed by atoms with Crippen molar-refractivity contribution >= 4 is 5.97 Å². The van der Waals surface area contributed by atoms with Crippen LogP contribution in [0.2, 0.25) is 0 Å². The minimum atomic E-state index is -4.62. The number of rotatable bonds is 6. The van der Waals surface area contributed by atoms with Crippen molar-refractivity contribution < 1.29 is 22.7 Å². The second-order valence-electron chi connectivity index (χ2n) is 6.87. The molecule has 0 amide bonds. The minimum Gasteiger partial charge on any atom is -0.469 e. The molecule has 27 heavy (non-hydrogen) atoms. The molecule has 6 heteroatoms. The zero-order valence-corrected chi connectivity index (χ0v) is 15.6. The van der Waals surface area contributed by atoms with Crippen molar-refractivity contribution in [1.29, 1.82) is 0 Å². The standard InChI is InChI=1S/C21H24F3NO2/c1-13(2)9-18(20(26)27-3)17-11-15(14-7-5-4-6-8-14)10-16(12-25)19(17)21(22,23)24/h4-8,10-11,13,18H,9,12,25H2,1-3H3. The molecule has 0 heterocycles. The van der Waals surface area contributed by atoms with Gasteiger partial charge in [-0.3, -0.25) is 4.79 Å². The summed E-state index contributed by atoms with van der Waals surface area (Å²) in [6.45, 7) is 3.43. The van der Waals surface area contributed by atoms with Gasteiger partial charge in [-0.05, 0) is 46.7 Å². The summed E-state index contributed by atoms with van der Waals surface area (Å²) in [5, 5.41) is 0. The van der Waals surface area contributed by atoms with E-state index in [2.05, 4.69) is 0 Å². The summed E-state index contributed by atoms with van der Waals surface area (Å²) in [7, 11) is 1.19. The Morgan fingerprint density at radius 1 is 1.11 bits per heavy atom. The van der Waals surface area contributed by atoms with Crippen LogP contribution in [0.4, 0.5) is 13.2 Å². The summed E-state index contributed by atoms with van der Waals surface area (Å²) in [5.74, 6) is -1.68. The number of nitrogens with two attached hydrogens (primary N) is 1. The van der Waals surface area contributed by atoms with E-state index in [0.717, 1.165) is 5.56 Å². The average molecular weight is 379 g/mol. The molecule has 2 aromatic carbocycles. The number of benzene rings is 2. The molecule has 0 bridgehead atoms. The number of methoxy groups -OCH3 is 1. The predicted molar refractivity (Wildman–Crippen MR) is 99.0 cm³/mol. The van der Waals surface area contributed by atoms with E-state index in [-0.39, 0.29) is 30.0 Å². The van der Waals surface area contributed by atoms with Crippen molar-refractivity contribution in [3.05, 3.63) is 59.2 Å². The lowest BCUT2D eigenvalue weighted by Crippen LogP contribution is -2.23. The van der Waals surface area contributed by atoms with Gasteiger partial charge in [0.1, 0.15) is 0 Å². The molecule has 0 aliphatic carbocycles. The first-order valence-corrected chi connectivity index (χ1v) is 8.76. The lowest BCUT2D eigenvalue weighted by atomic mass is 9.83. The molecule has 2 rings (SSSR count). The topological polar surface area (TPSA) is 52.3 Å². The van der Waals surface area contributed by atoms with E-state index in [9.17, 15) is 18.0 Å². The van der Waals surface area contributed by atoms with E-state index >= 15 is 0 Å². The van der Waals surface area contributed by atoms with Gasteiger partial charge in [-0.2, -0.15) is 13.2 Å². The van der Waals surface area contributed by atoms with Crippen LogP contribution in [-0.4, -0.2) is 13.1 Å². The van der Waals surface area contributed by atoms with E-state index < -0.39 is 23.6 Å². The van der Waals surface area contributed by atoms with Gasteiger partial charge in [-0.15, -0.1) is 0 Å². The third-order valence-electron chi connectivity index (χ3n) is 4.43. The Morgan fingerprint density at radius 3 is 2.22 bits per heavy atom. The Kier molecular flexibility index (Phi) is 6.65. The van der Waals surface area contributed by atoms with Gasteiger partial charge >= 0.3 is 12.1 Å². The third kappa shape index (κ3) is 4.89. The molecule has 1 atom stereocenters. The van der Waals surface area contributed by atoms with Gasteiger partial charge in [0.15, 0.2) is 0 Å². The number of esters is 1. The highest BCUT2D eigenvalue weighted by molar-refractivity contribution is 5.80. The summed E-state index contributed by atoms with van der Waals surface area (Å²) in [6, 6.07) is 12.0. The van der Waals surface area contributed by atoms with Crippen molar-refractivity contribution in [1.82, 2.24) is 0 Å². The van der Waals surface area contributed by atoms with Crippen molar-refractivity contribution in [2.45, 2.75) is 38.9 Å². The predicted octanol–water partition coefficient (Wildman–Crippen LogP) is 5.13. The molecule has 0 fully saturated rings. The second kappa shape index (κ2) is 8.57. The lowest BCUT2D eigenvalue weighted by Gasteiger charge is -2.24. The van der Waals surface area contributed by atoms with Gasteiger partial charge in [0.05, 0.1) is 18.6 Å². The lowest BCUT2D eigenvalue weighted by molar-refractivity contribution is -0.144. The first-order chi connectivity index (χ1) is 12.7.